The van der Waals surface area contributed by atoms with Crippen molar-refractivity contribution >= 4 is 35.4 Å². The Labute approximate surface area is 171 Å². The van der Waals surface area contributed by atoms with Gasteiger partial charge in [0, 0.05) is 18.8 Å². The predicted octanol–water partition coefficient (Wildman–Crippen LogP) is 2.94. The summed E-state index contributed by atoms with van der Waals surface area (Å²) in [6, 6.07) is 7.54. The van der Waals surface area contributed by atoms with Crippen molar-refractivity contribution < 1.29 is 19.1 Å². The number of thioether (sulfide) groups is 1. The van der Waals surface area contributed by atoms with E-state index in [0.29, 0.717) is 13.1 Å². The van der Waals surface area contributed by atoms with Crippen LogP contribution >= 0.6 is 11.8 Å². The first-order valence-electron chi connectivity index (χ1n) is 9.23. The van der Waals surface area contributed by atoms with Gasteiger partial charge in [0.25, 0.3) is 0 Å². The number of carbonyl (C=O) groups is 3. The fourth-order valence-electron chi connectivity index (χ4n) is 2.05. The number of hydrogen-bond donors (Lipinski definition) is 3. The number of anilines is 1. The molecule has 8 heteroatoms. The molecule has 0 unspecified atom stereocenters. The van der Waals surface area contributed by atoms with Crippen molar-refractivity contribution in [2.75, 3.05) is 29.9 Å². The van der Waals surface area contributed by atoms with Crippen LogP contribution in [0, 0.1) is 12.8 Å². The molecule has 1 aromatic carbocycles. The third kappa shape index (κ3) is 11.5. The summed E-state index contributed by atoms with van der Waals surface area (Å²) >= 11 is 1.25. The Balaban J connectivity index is 2.14. The van der Waals surface area contributed by atoms with Crippen LogP contribution < -0.4 is 16.0 Å². The molecule has 0 aliphatic carbocycles. The van der Waals surface area contributed by atoms with E-state index in [1.54, 1.807) is 20.8 Å². The monoisotopic (exact) mass is 409 g/mol. The summed E-state index contributed by atoms with van der Waals surface area (Å²) in [6.07, 6.45) is -0.471. The van der Waals surface area contributed by atoms with E-state index in [1.807, 2.05) is 38.1 Å². The molecule has 156 valence electrons. The number of carbonyl (C=O) groups excluding carboxylic acids is 3. The van der Waals surface area contributed by atoms with E-state index >= 15 is 0 Å². The summed E-state index contributed by atoms with van der Waals surface area (Å²) < 4.78 is 5.16. The first kappa shape index (κ1) is 23.8. The van der Waals surface area contributed by atoms with Crippen molar-refractivity contribution in [2.24, 2.45) is 5.92 Å². The molecule has 0 radical (unpaired) electrons. The molecular formula is C20H31N3O4S. The molecular weight excluding hydrogens is 378 g/mol. The minimum atomic E-state index is -0.537. The van der Waals surface area contributed by atoms with Crippen molar-refractivity contribution in [1.82, 2.24) is 10.6 Å². The standard InChI is InChI=1S/C20H31N3O4S/c1-14-6-8-16(9-7-14)23-18(25)13-28-12-17(24)21-10-15(2)11-22-19(26)27-20(3,4)5/h6-9,15H,10-13H2,1-5H3,(H,21,24)(H,22,26)(H,23,25)/t15-/m0/s1. The highest BCUT2D eigenvalue weighted by Crippen LogP contribution is 2.10. The second-order valence-corrected chi connectivity index (χ2v) is 8.68. The van der Waals surface area contributed by atoms with Gasteiger partial charge in [0.2, 0.25) is 11.8 Å². The van der Waals surface area contributed by atoms with E-state index in [4.69, 9.17) is 4.74 Å². The van der Waals surface area contributed by atoms with Gasteiger partial charge in [0.05, 0.1) is 11.5 Å². The molecule has 3 amide bonds. The van der Waals surface area contributed by atoms with Gasteiger partial charge in [0.15, 0.2) is 0 Å². The predicted molar refractivity (Wildman–Crippen MR) is 114 cm³/mol. The maximum absolute atomic E-state index is 11.9. The Kier molecular flexibility index (Phi) is 9.85. The van der Waals surface area contributed by atoms with E-state index in [-0.39, 0.29) is 29.2 Å². The number of ether oxygens (including phenoxy) is 1. The van der Waals surface area contributed by atoms with E-state index in [9.17, 15) is 14.4 Å². The molecule has 0 fully saturated rings. The molecule has 1 rings (SSSR count). The zero-order valence-corrected chi connectivity index (χ0v) is 18.1. The summed E-state index contributed by atoms with van der Waals surface area (Å²) in [5.41, 5.74) is 1.33. The highest BCUT2D eigenvalue weighted by atomic mass is 32.2. The SMILES string of the molecule is Cc1ccc(NC(=O)CSCC(=O)NC[C@H](C)CNC(=O)OC(C)(C)C)cc1. The molecule has 0 saturated carbocycles. The molecule has 1 aromatic rings. The number of amides is 3. The van der Waals surface area contributed by atoms with Crippen LogP contribution in [0.4, 0.5) is 10.5 Å². The summed E-state index contributed by atoms with van der Waals surface area (Å²) in [4.78, 5) is 35.3. The highest BCUT2D eigenvalue weighted by Gasteiger charge is 2.16. The van der Waals surface area contributed by atoms with E-state index in [0.717, 1.165) is 11.3 Å². The van der Waals surface area contributed by atoms with Crippen LogP contribution in [-0.2, 0) is 14.3 Å². The number of rotatable bonds is 9. The first-order valence-corrected chi connectivity index (χ1v) is 10.4. The molecule has 0 saturated heterocycles. The van der Waals surface area contributed by atoms with E-state index < -0.39 is 11.7 Å². The average molecular weight is 410 g/mol. The van der Waals surface area contributed by atoms with Gasteiger partial charge in [-0.1, -0.05) is 24.6 Å². The minimum absolute atomic E-state index is 0.0614. The van der Waals surface area contributed by atoms with Crippen molar-refractivity contribution in [1.29, 1.82) is 0 Å². The minimum Gasteiger partial charge on any atom is -0.444 e. The van der Waals surface area contributed by atoms with Gasteiger partial charge in [-0.3, -0.25) is 9.59 Å². The smallest absolute Gasteiger partial charge is 0.407 e. The van der Waals surface area contributed by atoms with Crippen molar-refractivity contribution in [3.63, 3.8) is 0 Å². The molecule has 3 N–H and O–H groups in total. The third-order valence-corrected chi connectivity index (χ3v) is 4.38. The summed E-state index contributed by atoms with van der Waals surface area (Å²) in [7, 11) is 0. The van der Waals surface area contributed by atoms with Crippen LogP contribution in [0.25, 0.3) is 0 Å². The largest absolute Gasteiger partial charge is 0.444 e. The topological polar surface area (TPSA) is 96.5 Å². The lowest BCUT2D eigenvalue weighted by Crippen LogP contribution is -2.38. The molecule has 28 heavy (non-hydrogen) atoms. The quantitative estimate of drug-likeness (QED) is 0.583. The lowest BCUT2D eigenvalue weighted by atomic mass is 10.2. The Hall–Kier alpha value is -2.22. The van der Waals surface area contributed by atoms with Crippen LogP contribution in [0.5, 0.6) is 0 Å². The number of nitrogens with one attached hydrogen (secondary N) is 3. The van der Waals surface area contributed by atoms with Crippen molar-refractivity contribution in [3.05, 3.63) is 29.8 Å². The fourth-order valence-corrected chi connectivity index (χ4v) is 2.70. The Morgan fingerprint density at radius 1 is 1.00 bits per heavy atom. The molecule has 1 atom stereocenters. The van der Waals surface area contributed by atoms with Crippen LogP contribution in [0.15, 0.2) is 24.3 Å². The van der Waals surface area contributed by atoms with Gasteiger partial charge in [0.1, 0.15) is 5.60 Å². The van der Waals surface area contributed by atoms with Crippen molar-refractivity contribution in [3.8, 4) is 0 Å². The summed E-state index contributed by atoms with van der Waals surface area (Å²) in [6.45, 7) is 10.1. The first-order chi connectivity index (χ1) is 13.0. The van der Waals surface area contributed by atoms with Crippen LogP contribution in [0.1, 0.15) is 33.3 Å². The van der Waals surface area contributed by atoms with Crippen LogP contribution in [0.2, 0.25) is 0 Å². The maximum Gasteiger partial charge on any atom is 0.407 e. The second-order valence-electron chi connectivity index (χ2n) is 7.70. The summed E-state index contributed by atoms with van der Waals surface area (Å²) in [5, 5.41) is 8.27. The van der Waals surface area contributed by atoms with Gasteiger partial charge in [-0.05, 0) is 45.7 Å². The Morgan fingerprint density at radius 3 is 2.18 bits per heavy atom. The van der Waals surface area contributed by atoms with E-state index in [2.05, 4.69) is 16.0 Å². The van der Waals surface area contributed by atoms with Gasteiger partial charge in [-0.15, -0.1) is 11.8 Å². The zero-order valence-electron chi connectivity index (χ0n) is 17.3. The number of aryl methyl sites for hydroxylation is 1. The normalized spacial score (nSPS) is 12.0. The molecule has 0 aliphatic heterocycles. The average Bonchev–Trinajstić information content (AvgIpc) is 2.58. The lowest BCUT2D eigenvalue weighted by molar-refractivity contribution is -0.118. The molecule has 7 nitrogen and oxygen atoms in total. The molecule has 0 heterocycles. The van der Waals surface area contributed by atoms with Gasteiger partial charge >= 0.3 is 6.09 Å². The van der Waals surface area contributed by atoms with Crippen molar-refractivity contribution in [2.45, 2.75) is 40.2 Å². The molecule has 0 aromatic heterocycles. The zero-order chi connectivity index (χ0) is 21.2. The number of benzene rings is 1. The summed E-state index contributed by atoms with van der Waals surface area (Å²) in [5.74, 6) is 0.185. The number of alkyl carbamates (subject to hydrolysis) is 1. The lowest BCUT2D eigenvalue weighted by Gasteiger charge is -2.21. The molecule has 0 spiro atoms. The highest BCUT2D eigenvalue weighted by molar-refractivity contribution is 8.00. The second kappa shape index (κ2) is 11.6. The Bertz CT molecular complexity index is 656. The van der Waals surface area contributed by atoms with Crippen LogP contribution in [-0.4, -0.2) is 48.1 Å². The molecule has 0 aliphatic rings. The third-order valence-electron chi connectivity index (χ3n) is 3.44. The van der Waals surface area contributed by atoms with Gasteiger partial charge < -0.3 is 20.7 Å². The van der Waals surface area contributed by atoms with Gasteiger partial charge in [-0.2, -0.15) is 0 Å². The van der Waals surface area contributed by atoms with Gasteiger partial charge in [-0.25, -0.2) is 4.79 Å². The van der Waals surface area contributed by atoms with Crippen LogP contribution in [0.3, 0.4) is 0 Å². The number of hydrogen-bond acceptors (Lipinski definition) is 5. The molecule has 0 bridgehead atoms. The fraction of sp³-hybridized carbons (Fsp3) is 0.550. The maximum atomic E-state index is 11.9. The Morgan fingerprint density at radius 2 is 1.57 bits per heavy atom. The van der Waals surface area contributed by atoms with E-state index in [1.165, 1.54) is 11.8 Å².